The highest BCUT2D eigenvalue weighted by Gasteiger charge is 2.31. The number of sulfone groups is 1. The van der Waals surface area contributed by atoms with Crippen molar-refractivity contribution in [2.75, 3.05) is 11.5 Å². The molecule has 1 aliphatic heterocycles. The van der Waals surface area contributed by atoms with Crippen LogP contribution in [-0.4, -0.2) is 32.0 Å². The number of ether oxygens (including phenoxy) is 1. The predicted molar refractivity (Wildman–Crippen MR) is 86.0 cm³/mol. The number of carbonyl (C=O) groups excluding carboxylic acids is 1. The first-order valence-corrected chi connectivity index (χ1v) is 9.39. The number of esters is 1. The van der Waals surface area contributed by atoms with Crippen molar-refractivity contribution in [3.05, 3.63) is 47.7 Å². The third-order valence-corrected chi connectivity index (χ3v) is 5.66. The molecule has 0 aliphatic carbocycles. The summed E-state index contributed by atoms with van der Waals surface area (Å²) >= 11 is 0. The second-order valence-corrected chi connectivity index (χ2v) is 7.87. The molecule has 0 radical (unpaired) electrons. The van der Waals surface area contributed by atoms with Crippen LogP contribution >= 0.6 is 0 Å². The lowest BCUT2D eigenvalue weighted by Gasteiger charge is -2.08. The van der Waals surface area contributed by atoms with Crippen LogP contribution in [0.5, 0.6) is 0 Å². The number of hydrogen-bond donors (Lipinski definition) is 0. The Labute approximate surface area is 135 Å². The third kappa shape index (κ3) is 3.64. The summed E-state index contributed by atoms with van der Waals surface area (Å²) in [4.78, 5) is 12.0. The van der Waals surface area contributed by atoms with Gasteiger partial charge in [-0.1, -0.05) is 31.2 Å². The highest BCUT2D eigenvalue weighted by molar-refractivity contribution is 7.91. The summed E-state index contributed by atoms with van der Waals surface area (Å²) in [7, 11) is -3.08. The Morgan fingerprint density at radius 2 is 1.96 bits per heavy atom. The molecule has 5 nitrogen and oxygen atoms in total. The van der Waals surface area contributed by atoms with E-state index in [1.165, 1.54) is 5.56 Å². The van der Waals surface area contributed by atoms with Crippen molar-refractivity contribution in [3.8, 4) is 11.3 Å². The molecule has 1 aromatic carbocycles. The molecule has 23 heavy (non-hydrogen) atoms. The van der Waals surface area contributed by atoms with Crippen molar-refractivity contribution in [2.24, 2.45) is 0 Å². The minimum atomic E-state index is -3.08. The molecule has 3 rings (SSSR count). The van der Waals surface area contributed by atoms with Gasteiger partial charge >= 0.3 is 5.97 Å². The van der Waals surface area contributed by atoms with Crippen LogP contribution in [0.4, 0.5) is 0 Å². The summed E-state index contributed by atoms with van der Waals surface area (Å²) in [6.07, 6.45) is 0.727. The zero-order chi connectivity index (χ0) is 16.4. The first-order valence-electron chi connectivity index (χ1n) is 7.57. The van der Waals surface area contributed by atoms with Gasteiger partial charge in [-0.15, -0.1) is 0 Å². The summed E-state index contributed by atoms with van der Waals surface area (Å²) in [6.45, 7) is 2.08. The Kier molecular flexibility index (Phi) is 4.26. The maximum absolute atomic E-state index is 12.0. The Hall–Kier alpha value is -2.08. The van der Waals surface area contributed by atoms with E-state index in [9.17, 15) is 13.2 Å². The average molecular weight is 334 g/mol. The van der Waals surface area contributed by atoms with Gasteiger partial charge in [-0.2, -0.15) is 0 Å². The third-order valence-electron chi connectivity index (χ3n) is 3.92. The molecule has 2 aromatic rings. The SMILES string of the molecule is CCc1ccc(-c2ccc(C(=O)O[C@H]3CCS(=O)(=O)C3)o2)cc1. The van der Waals surface area contributed by atoms with Crippen molar-refractivity contribution in [3.63, 3.8) is 0 Å². The second kappa shape index (κ2) is 6.20. The van der Waals surface area contributed by atoms with Crippen molar-refractivity contribution in [1.82, 2.24) is 0 Å². The number of aryl methyl sites for hydroxylation is 1. The second-order valence-electron chi connectivity index (χ2n) is 5.64. The van der Waals surface area contributed by atoms with Crippen molar-refractivity contribution in [2.45, 2.75) is 25.9 Å². The summed E-state index contributed by atoms with van der Waals surface area (Å²) < 4.78 is 33.5. The van der Waals surface area contributed by atoms with E-state index < -0.39 is 21.9 Å². The largest absolute Gasteiger partial charge is 0.455 e. The number of carbonyl (C=O) groups is 1. The summed E-state index contributed by atoms with van der Waals surface area (Å²) in [5.41, 5.74) is 2.10. The molecule has 0 bridgehead atoms. The van der Waals surface area contributed by atoms with Crippen LogP contribution in [0, 0.1) is 0 Å². The Bertz CT molecular complexity index is 802. The summed E-state index contributed by atoms with van der Waals surface area (Å²) in [6, 6.07) is 11.2. The quantitative estimate of drug-likeness (QED) is 0.804. The van der Waals surface area contributed by atoms with Gasteiger partial charge in [-0.3, -0.25) is 0 Å². The van der Waals surface area contributed by atoms with Crippen LogP contribution in [-0.2, 0) is 21.0 Å². The van der Waals surface area contributed by atoms with Gasteiger partial charge in [-0.05, 0) is 30.5 Å². The molecule has 0 spiro atoms. The van der Waals surface area contributed by atoms with E-state index in [0.717, 1.165) is 12.0 Å². The topological polar surface area (TPSA) is 73.6 Å². The monoisotopic (exact) mass is 334 g/mol. The molecule has 0 unspecified atom stereocenters. The van der Waals surface area contributed by atoms with Gasteiger partial charge in [0.05, 0.1) is 11.5 Å². The molecule has 1 aromatic heterocycles. The minimum Gasteiger partial charge on any atom is -0.455 e. The molecule has 1 saturated heterocycles. The van der Waals surface area contributed by atoms with Crippen LogP contribution in [0.1, 0.15) is 29.5 Å². The van der Waals surface area contributed by atoms with Crippen LogP contribution in [0.25, 0.3) is 11.3 Å². The molecular weight excluding hydrogens is 316 g/mol. The predicted octanol–water partition coefficient (Wildman–Crippen LogP) is 2.85. The maximum atomic E-state index is 12.0. The molecule has 1 fully saturated rings. The molecule has 1 aliphatic rings. The molecule has 6 heteroatoms. The minimum absolute atomic E-state index is 0.0676. The highest BCUT2D eigenvalue weighted by atomic mass is 32.2. The number of furan rings is 1. The van der Waals surface area contributed by atoms with Gasteiger partial charge in [-0.25, -0.2) is 13.2 Å². The zero-order valence-corrected chi connectivity index (χ0v) is 13.6. The van der Waals surface area contributed by atoms with Crippen LogP contribution in [0.15, 0.2) is 40.8 Å². The molecule has 2 heterocycles. The number of benzene rings is 1. The molecule has 0 saturated carbocycles. The fourth-order valence-corrected chi connectivity index (χ4v) is 4.16. The van der Waals surface area contributed by atoms with E-state index in [0.29, 0.717) is 12.2 Å². The van der Waals surface area contributed by atoms with Gasteiger partial charge < -0.3 is 9.15 Å². The number of hydrogen-bond acceptors (Lipinski definition) is 5. The van der Waals surface area contributed by atoms with Gasteiger partial charge in [0, 0.05) is 5.56 Å². The highest BCUT2D eigenvalue weighted by Crippen LogP contribution is 2.24. The van der Waals surface area contributed by atoms with Crippen molar-refractivity contribution in [1.29, 1.82) is 0 Å². The van der Waals surface area contributed by atoms with E-state index in [-0.39, 0.29) is 17.3 Å². The molecule has 0 N–H and O–H groups in total. The molecular formula is C17H18O5S. The molecule has 122 valence electrons. The van der Waals surface area contributed by atoms with Gasteiger partial charge in [0.15, 0.2) is 9.84 Å². The maximum Gasteiger partial charge on any atom is 0.374 e. The Morgan fingerprint density at radius 1 is 1.22 bits per heavy atom. The van der Waals surface area contributed by atoms with Crippen molar-refractivity contribution < 1.29 is 22.4 Å². The fraction of sp³-hybridized carbons (Fsp3) is 0.353. The van der Waals surface area contributed by atoms with Crippen molar-refractivity contribution >= 4 is 15.8 Å². The average Bonchev–Trinajstić information content (AvgIpc) is 3.14. The first kappa shape index (κ1) is 15.8. The summed E-state index contributed by atoms with van der Waals surface area (Å²) in [5, 5.41) is 0. The number of rotatable bonds is 4. The fourth-order valence-electron chi connectivity index (χ4n) is 2.57. The Morgan fingerprint density at radius 3 is 2.57 bits per heavy atom. The standard InChI is InChI=1S/C17H18O5S/c1-2-12-3-5-13(6-4-12)15-7-8-16(22-15)17(18)21-14-9-10-23(19,20)11-14/h3-8,14H,2,9-11H2,1H3/t14-/m0/s1. The van der Waals surface area contributed by atoms with Gasteiger partial charge in [0.1, 0.15) is 11.9 Å². The zero-order valence-electron chi connectivity index (χ0n) is 12.8. The van der Waals surface area contributed by atoms with Crippen LogP contribution in [0.3, 0.4) is 0 Å². The van der Waals surface area contributed by atoms with E-state index >= 15 is 0 Å². The lowest BCUT2D eigenvalue weighted by Crippen LogP contribution is -2.19. The lowest BCUT2D eigenvalue weighted by molar-refractivity contribution is 0.0321. The summed E-state index contributed by atoms with van der Waals surface area (Å²) in [5.74, 6) is 0.00848. The van der Waals surface area contributed by atoms with Crippen LogP contribution < -0.4 is 0 Å². The van der Waals surface area contributed by atoms with Crippen LogP contribution in [0.2, 0.25) is 0 Å². The van der Waals surface area contributed by atoms with E-state index in [1.807, 2.05) is 24.3 Å². The molecule has 1 atom stereocenters. The van der Waals surface area contributed by atoms with E-state index in [2.05, 4.69) is 6.92 Å². The normalized spacial score (nSPS) is 19.6. The Balaban J connectivity index is 1.69. The first-order chi connectivity index (χ1) is 11.0. The van der Waals surface area contributed by atoms with E-state index in [1.54, 1.807) is 12.1 Å². The molecule has 0 amide bonds. The lowest BCUT2D eigenvalue weighted by atomic mass is 10.1. The van der Waals surface area contributed by atoms with E-state index in [4.69, 9.17) is 9.15 Å². The smallest absolute Gasteiger partial charge is 0.374 e. The van der Waals surface area contributed by atoms with Gasteiger partial charge in [0.25, 0.3) is 0 Å². The van der Waals surface area contributed by atoms with Gasteiger partial charge in [0.2, 0.25) is 5.76 Å².